The molecule has 3 rings (SSSR count). The number of alkyl halides is 1. The van der Waals surface area contributed by atoms with Gasteiger partial charge in [-0.15, -0.1) is 0 Å². The highest BCUT2D eigenvalue weighted by molar-refractivity contribution is 5.82. The summed E-state index contributed by atoms with van der Waals surface area (Å²) in [6, 6.07) is 5.49. The Kier molecular flexibility index (Phi) is 3.82. The highest BCUT2D eigenvalue weighted by Crippen LogP contribution is 2.16. The third-order valence-corrected chi connectivity index (χ3v) is 3.94. The molecule has 2 aliphatic rings. The molecule has 3 heterocycles. The van der Waals surface area contributed by atoms with Gasteiger partial charge < -0.3 is 15.1 Å². The molecule has 1 N–H and O–H groups in total. The number of anilines is 1. The summed E-state index contributed by atoms with van der Waals surface area (Å²) in [6.07, 6.45) is 1.19. The topological polar surface area (TPSA) is 48.5 Å². The van der Waals surface area contributed by atoms with Gasteiger partial charge in [-0.1, -0.05) is 6.07 Å². The fourth-order valence-corrected chi connectivity index (χ4v) is 2.80. The number of carbonyl (C=O) groups excluding carboxylic acids is 1. The van der Waals surface area contributed by atoms with Crippen LogP contribution in [0.1, 0.15) is 6.42 Å². The fourth-order valence-electron chi connectivity index (χ4n) is 2.80. The van der Waals surface area contributed by atoms with E-state index in [-0.39, 0.29) is 11.9 Å². The van der Waals surface area contributed by atoms with Gasteiger partial charge in [0.05, 0.1) is 6.04 Å². The van der Waals surface area contributed by atoms with Crippen molar-refractivity contribution in [3.63, 3.8) is 0 Å². The number of hydrogen-bond acceptors (Lipinski definition) is 4. The number of piperazine rings is 1. The van der Waals surface area contributed by atoms with Gasteiger partial charge in [0, 0.05) is 45.3 Å². The maximum Gasteiger partial charge on any atom is 0.239 e. The second-order valence-electron chi connectivity index (χ2n) is 5.29. The van der Waals surface area contributed by atoms with Crippen molar-refractivity contribution < 1.29 is 9.18 Å². The second kappa shape index (κ2) is 5.75. The van der Waals surface area contributed by atoms with Crippen molar-refractivity contribution in [3.8, 4) is 0 Å². The van der Waals surface area contributed by atoms with Crippen LogP contribution in [0.5, 0.6) is 0 Å². The van der Waals surface area contributed by atoms with E-state index in [1.807, 2.05) is 23.1 Å². The SMILES string of the molecule is O=C([C@H]1C[C@H](F)CN1)N1CCN(c2ccccn2)CC1. The van der Waals surface area contributed by atoms with Crippen LogP contribution in [0, 0.1) is 0 Å². The van der Waals surface area contributed by atoms with Crippen LogP contribution >= 0.6 is 0 Å². The van der Waals surface area contributed by atoms with E-state index in [1.165, 1.54) is 0 Å². The van der Waals surface area contributed by atoms with Crippen LogP contribution in [0.25, 0.3) is 0 Å². The summed E-state index contributed by atoms with van der Waals surface area (Å²) >= 11 is 0. The van der Waals surface area contributed by atoms with Gasteiger partial charge in [0.25, 0.3) is 0 Å². The average molecular weight is 278 g/mol. The minimum Gasteiger partial charge on any atom is -0.353 e. The second-order valence-corrected chi connectivity index (χ2v) is 5.29. The van der Waals surface area contributed by atoms with Crippen LogP contribution in [0.3, 0.4) is 0 Å². The zero-order valence-electron chi connectivity index (χ0n) is 11.3. The minimum atomic E-state index is -0.890. The van der Waals surface area contributed by atoms with Crippen LogP contribution in [0.15, 0.2) is 24.4 Å². The lowest BCUT2D eigenvalue weighted by atomic mass is 10.1. The molecule has 1 amide bonds. The van der Waals surface area contributed by atoms with Crippen molar-refractivity contribution in [2.75, 3.05) is 37.6 Å². The van der Waals surface area contributed by atoms with Gasteiger partial charge in [-0.05, 0) is 12.1 Å². The van der Waals surface area contributed by atoms with Crippen LogP contribution < -0.4 is 10.2 Å². The molecule has 1 aromatic rings. The van der Waals surface area contributed by atoms with Crippen molar-refractivity contribution in [2.24, 2.45) is 0 Å². The fraction of sp³-hybridized carbons (Fsp3) is 0.571. The predicted molar refractivity (Wildman–Crippen MR) is 74.3 cm³/mol. The summed E-state index contributed by atoms with van der Waals surface area (Å²) in [5.41, 5.74) is 0. The van der Waals surface area contributed by atoms with Crippen LogP contribution in [0.2, 0.25) is 0 Å². The first kappa shape index (κ1) is 13.3. The highest BCUT2D eigenvalue weighted by atomic mass is 19.1. The van der Waals surface area contributed by atoms with E-state index in [0.29, 0.717) is 26.1 Å². The molecule has 0 aliphatic carbocycles. The number of carbonyl (C=O) groups is 1. The van der Waals surface area contributed by atoms with Gasteiger partial charge >= 0.3 is 0 Å². The summed E-state index contributed by atoms with van der Waals surface area (Å²) in [4.78, 5) is 20.6. The molecule has 0 saturated carbocycles. The number of pyridine rings is 1. The largest absolute Gasteiger partial charge is 0.353 e. The van der Waals surface area contributed by atoms with Gasteiger partial charge in [-0.2, -0.15) is 0 Å². The molecule has 2 aliphatic heterocycles. The minimum absolute atomic E-state index is 0.0332. The zero-order chi connectivity index (χ0) is 13.9. The molecular weight excluding hydrogens is 259 g/mol. The maximum absolute atomic E-state index is 13.1. The Morgan fingerprint density at radius 1 is 1.30 bits per heavy atom. The number of aromatic nitrogens is 1. The maximum atomic E-state index is 13.1. The van der Waals surface area contributed by atoms with Gasteiger partial charge in [0.1, 0.15) is 12.0 Å². The Hall–Kier alpha value is -1.69. The van der Waals surface area contributed by atoms with Gasteiger partial charge in [-0.3, -0.25) is 4.79 Å². The third kappa shape index (κ3) is 2.75. The van der Waals surface area contributed by atoms with E-state index in [4.69, 9.17) is 0 Å². The first-order valence-corrected chi connectivity index (χ1v) is 7.06. The molecule has 0 unspecified atom stereocenters. The van der Waals surface area contributed by atoms with Crippen molar-refractivity contribution in [1.82, 2.24) is 15.2 Å². The average Bonchev–Trinajstić information content (AvgIpc) is 2.94. The number of rotatable bonds is 2. The van der Waals surface area contributed by atoms with E-state index < -0.39 is 6.17 Å². The lowest BCUT2D eigenvalue weighted by molar-refractivity contribution is -0.133. The van der Waals surface area contributed by atoms with Crippen molar-refractivity contribution in [2.45, 2.75) is 18.6 Å². The van der Waals surface area contributed by atoms with Crippen molar-refractivity contribution >= 4 is 11.7 Å². The number of nitrogens with one attached hydrogen (secondary N) is 1. The molecule has 2 fully saturated rings. The Balaban J connectivity index is 1.55. The molecule has 0 aromatic carbocycles. The lowest BCUT2D eigenvalue weighted by Crippen LogP contribution is -2.53. The monoisotopic (exact) mass is 278 g/mol. The Labute approximate surface area is 117 Å². The number of hydrogen-bond donors (Lipinski definition) is 1. The van der Waals surface area contributed by atoms with Crippen molar-refractivity contribution in [1.29, 1.82) is 0 Å². The molecule has 1 aromatic heterocycles. The molecular formula is C14H19FN4O. The summed E-state index contributed by atoms with van der Waals surface area (Å²) in [5.74, 6) is 0.980. The van der Waals surface area contributed by atoms with E-state index in [1.54, 1.807) is 6.20 Å². The van der Waals surface area contributed by atoms with E-state index in [0.717, 1.165) is 18.9 Å². The quantitative estimate of drug-likeness (QED) is 0.852. The highest BCUT2D eigenvalue weighted by Gasteiger charge is 2.33. The first-order valence-electron chi connectivity index (χ1n) is 7.06. The summed E-state index contributed by atoms with van der Waals surface area (Å²) in [7, 11) is 0. The number of nitrogens with zero attached hydrogens (tertiary/aromatic N) is 3. The molecule has 2 saturated heterocycles. The number of amides is 1. The molecule has 0 bridgehead atoms. The Morgan fingerprint density at radius 2 is 2.10 bits per heavy atom. The Morgan fingerprint density at radius 3 is 2.70 bits per heavy atom. The van der Waals surface area contributed by atoms with Crippen molar-refractivity contribution in [3.05, 3.63) is 24.4 Å². The molecule has 0 spiro atoms. The van der Waals surface area contributed by atoms with Gasteiger partial charge in [0.15, 0.2) is 0 Å². The van der Waals surface area contributed by atoms with Crippen LogP contribution in [0.4, 0.5) is 10.2 Å². The van der Waals surface area contributed by atoms with Crippen LogP contribution in [-0.4, -0.2) is 60.7 Å². The first-order chi connectivity index (χ1) is 9.74. The third-order valence-electron chi connectivity index (χ3n) is 3.94. The summed E-state index contributed by atoms with van der Waals surface area (Å²) < 4.78 is 13.1. The van der Waals surface area contributed by atoms with Gasteiger partial charge in [-0.25, -0.2) is 9.37 Å². The zero-order valence-corrected chi connectivity index (χ0v) is 11.3. The number of halogens is 1. The standard InChI is InChI=1S/C14H19FN4O/c15-11-9-12(17-10-11)14(20)19-7-5-18(6-8-19)13-3-1-2-4-16-13/h1-4,11-12,17H,5-10H2/t11-,12+/m0/s1. The smallest absolute Gasteiger partial charge is 0.239 e. The van der Waals surface area contributed by atoms with E-state index in [2.05, 4.69) is 15.2 Å². The summed E-state index contributed by atoms with van der Waals surface area (Å²) in [6.45, 7) is 3.18. The van der Waals surface area contributed by atoms with Gasteiger partial charge in [0.2, 0.25) is 5.91 Å². The summed E-state index contributed by atoms with van der Waals surface area (Å²) in [5, 5.41) is 2.95. The van der Waals surface area contributed by atoms with Crippen LogP contribution in [-0.2, 0) is 4.79 Å². The predicted octanol–water partition coefficient (Wildman–Crippen LogP) is 0.430. The Bertz CT molecular complexity index is 462. The normalized spacial score (nSPS) is 26.9. The molecule has 2 atom stereocenters. The molecule has 108 valence electrons. The van der Waals surface area contributed by atoms with E-state index >= 15 is 0 Å². The lowest BCUT2D eigenvalue weighted by Gasteiger charge is -2.36. The molecule has 5 nitrogen and oxygen atoms in total. The molecule has 6 heteroatoms. The van der Waals surface area contributed by atoms with E-state index in [9.17, 15) is 9.18 Å². The molecule has 20 heavy (non-hydrogen) atoms. The molecule has 0 radical (unpaired) electrons.